The van der Waals surface area contributed by atoms with Crippen molar-refractivity contribution in [2.45, 2.75) is 59.5 Å². The zero-order chi connectivity index (χ0) is 12.2. The van der Waals surface area contributed by atoms with E-state index in [4.69, 9.17) is 0 Å². The average molecular weight is 227 g/mol. The van der Waals surface area contributed by atoms with E-state index in [1.807, 2.05) is 0 Å². The van der Waals surface area contributed by atoms with Crippen LogP contribution in [0.15, 0.2) is 0 Å². The lowest BCUT2D eigenvalue weighted by Crippen LogP contribution is -2.39. The van der Waals surface area contributed by atoms with Gasteiger partial charge in [-0.1, -0.05) is 47.0 Å². The molecule has 96 valence electrons. The zero-order valence-electron chi connectivity index (χ0n) is 11.4. The van der Waals surface area contributed by atoms with Crippen LogP contribution < -0.4 is 5.32 Å². The van der Waals surface area contributed by atoms with Crippen molar-refractivity contribution in [1.29, 1.82) is 0 Å². The fourth-order valence-electron chi connectivity index (χ4n) is 2.41. The van der Waals surface area contributed by atoms with Gasteiger partial charge in [0, 0.05) is 6.54 Å². The number of hydrogen-bond acceptors (Lipinski definition) is 2. The Hall–Kier alpha value is -0.0800. The second-order valence-corrected chi connectivity index (χ2v) is 6.56. The van der Waals surface area contributed by atoms with E-state index in [1.54, 1.807) is 0 Å². The maximum Gasteiger partial charge on any atom is 0.0712 e. The van der Waals surface area contributed by atoms with Gasteiger partial charge < -0.3 is 10.4 Å². The molecule has 0 aliphatic heterocycles. The van der Waals surface area contributed by atoms with Crippen LogP contribution in [0.3, 0.4) is 0 Å². The minimum atomic E-state index is -0.244. The summed E-state index contributed by atoms with van der Waals surface area (Å²) < 4.78 is 0. The molecular weight excluding hydrogens is 198 g/mol. The fraction of sp³-hybridized carbons (Fsp3) is 1.00. The Balaban J connectivity index is 2.19. The molecule has 0 aromatic rings. The van der Waals surface area contributed by atoms with Crippen LogP contribution >= 0.6 is 0 Å². The predicted octanol–water partition coefficient (Wildman–Crippen LogP) is 2.81. The maximum absolute atomic E-state index is 9.92. The van der Waals surface area contributed by atoms with Gasteiger partial charge in [-0.15, -0.1) is 0 Å². The van der Waals surface area contributed by atoms with Crippen molar-refractivity contribution in [3.63, 3.8) is 0 Å². The molecular formula is C14H29NO. The van der Waals surface area contributed by atoms with E-state index in [0.29, 0.717) is 0 Å². The molecule has 1 aliphatic rings. The number of nitrogens with one attached hydrogen (secondary N) is 1. The molecule has 0 amide bonds. The first-order valence-corrected chi connectivity index (χ1v) is 6.80. The lowest BCUT2D eigenvalue weighted by molar-refractivity contribution is 0.0609. The third kappa shape index (κ3) is 4.42. The maximum atomic E-state index is 9.92. The van der Waals surface area contributed by atoms with Crippen molar-refractivity contribution in [3.8, 4) is 0 Å². The molecule has 2 nitrogen and oxygen atoms in total. The fourth-order valence-corrected chi connectivity index (χ4v) is 2.41. The van der Waals surface area contributed by atoms with Crippen molar-refractivity contribution in [3.05, 3.63) is 0 Å². The minimum Gasteiger partial charge on any atom is -0.391 e. The molecule has 0 radical (unpaired) electrons. The second kappa shape index (κ2) is 6.02. The van der Waals surface area contributed by atoms with E-state index in [9.17, 15) is 5.11 Å². The Kier molecular flexibility index (Phi) is 5.26. The Labute approximate surface area is 101 Å². The highest BCUT2D eigenvalue weighted by Gasteiger charge is 2.24. The molecule has 1 aliphatic carbocycles. The van der Waals surface area contributed by atoms with Crippen LogP contribution in [-0.4, -0.2) is 24.3 Å². The quantitative estimate of drug-likeness (QED) is 0.774. The molecule has 0 heterocycles. The lowest BCUT2D eigenvalue weighted by atomic mass is 9.80. The van der Waals surface area contributed by atoms with Gasteiger partial charge in [-0.05, 0) is 30.2 Å². The molecule has 1 rings (SSSR count). The summed E-state index contributed by atoms with van der Waals surface area (Å²) in [6, 6.07) is 0. The minimum absolute atomic E-state index is 0.00875. The molecule has 1 fully saturated rings. The van der Waals surface area contributed by atoms with Crippen LogP contribution in [-0.2, 0) is 0 Å². The molecule has 0 bridgehead atoms. The van der Waals surface area contributed by atoms with Gasteiger partial charge in [0.15, 0.2) is 0 Å². The predicted molar refractivity (Wildman–Crippen MR) is 69.5 cm³/mol. The highest BCUT2D eigenvalue weighted by atomic mass is 16.3. The summed E-state index contributed by atoms with van der Waals surface area (Å²) >= 11 is 0. The topological polar surface area (TPSA) is 32.3 Å². The molecule has 0 saturated heterocycles. The first-order valence-electron chi connectivity index (χ1n) is 6.80. The van der Waals surface area contributed by atoms with Gasteiger partial charge in [0.25, 0.3) is 0 Å². The molecule has 0 aromatic heterocycles. The number of hydrogen-bond donors (Lipinski definition) is 2. The summed E-state index contributed by atoms with van der Waals surface area (Å²) in [6.07, 6.45) is 5.29. The molecule has 0 spiro atoms. The first kappa shape index (κ1) is 14.0. The van der Waals surface area contributed by atoms with Gasteiger partial charge in [0.1, 0.15) is 0 Å². The monoisotopic (exact) mass is 227 g/mol. The Morgan fingerprint density at radius 3 is 2.44 bits per heavy atom. The average Bonchev–Trinajstić information content (AvgIpc) is 2.19. The molecule has 0 aromatic carbocycles. The molecule has 16 heavy (non-hydrogen) atoms. The summed E-state index contributed by atoms with van der Waals surface area (Å²) in [5.41, 5.74) is -0.00875. The molecule has 3 atom stereocenters. The molecule has 2 N–H and O–H groups in total. The van der Waals surface area contributed by atoms with E-state index < -0.39 is 0 Å². The van der Waals surface area contributed by atoms with Gasteiger partial charge in [0.05, 0.1) is 6.10 Å². The van der Waals surface area contributed by atoms with E-state index in [1.165, 1.54) is 25.7 Å². The highest BCUT2D eigenvalue weighted by Crippen LogP contribution is 2.29. The van der Waals surface area contributed by atoms with Gasteiger partial charge in [0.2, 0.25) is 0 Å². The number of aliphatic hydroxyl groups excluding tert-OH is 1. The summed E-state index contributed by atoms with van der Waals surface area (Å²) in [5, 5.41) is 13.4. The van der Waals surface area contributed by atoms with Crippen LogP contribution in [0.4, 0.5) is 0 Å². The Morgan fingerprint density at radius 1 is 1.25 bits per heavy atom. The standard InChI is InChI=1S/C14H29NO/c1-11-7-5-6-8-12(11)9-15-10-13(16)14(2,3)4/h11-13,15-16H,5-10H2,1-4H3. The Morgan fingerprint density at radius 2 is 1.88 bits per heavy atom. The Bertz CT molecular complexity index is 197. The lowest BCUT2D eigenvalue weighted by Gasteiger charge is -2.31. The van der Waals surface area contributed by atoms with Gasteiger partial charge in [-0.3, -0.25) is 0 Å². The third-order valence-electron chi connectivity index (χ3n) is 4.03. The van der Waals surface area contributed by atoms with E-state index in [0.717, 1.165) is 24.9 Å². The smallest absolute Gasteiger partial charge is 0.0712 e. The second-order valence-electron chi connectivity index (χ2n) is 6.56. The van der Waals surface area contributed by atoms with Crippen molar-refractivity contribution in [2.75, 3.05) is 13.1 Å². The zero-order valence-corrected chi connectivity index (χ0v) is 11.4. The van der Waals surface area contributed by atoms with Crippen molar-refractivity contribution < 1.29 is 5.11 Å². The number of rotatable bonds is 4. The molecule has 2 heteroatoms. The van der Waals surface area contributed by atoms with Gasteiger partial charge in [-0.2, -0.15) is 0 Å². The largest absolute Gasteiger partial charge is 0.391 e. The summed E-state index contributed by atoms with van der Waals surface area (Å²) in [4.78, 5) is 0. The van der Waals surface area contributed by atoms with Crippen molar-refractivity contribution >= 4 is 0 Å². The van der Waals surface area contributed by atoms with Gasteiger partial charge >= 0.3 is 0 Å². The summed E-state index contributed by atoms with van der Waals surface area (Å²) in [7, 11) is 0. The SMILES string of the molecule is CC1CCCCC1CNCC(O)C(C)(C)C. The molecule has 1 saturated carbocycles. The molecule has 3 unspecified atom stereocenters. The van der Waals surface area contributed by atoms with Crippen molar-refractivity contribution in [2.24, 2.45) is 17.3 Å². The normalized spacial score (nSPS) is 29.1. The van der Waals surface area contributed by atoms with Crippen LogP contribution in [0.1, 0.15) is 53.4 Å². The van der Waals surface area contributed by atoms with E-state index in [-0.39, 0.29) is 11.5 Å². The highest BCUT2D eigenvalue weighted by molar-refractivity contribution is 4.78. The van der Waals surface area contributed by atoms with Crippen LogP contribution in [0.2, 0.25) is 0 Å². The van der Waals surface area contributed by atoms with Crippen LogP contribution in [0.5, 0.6) is 0 Å². The summed E-state index contributed by atoms with van der Waals surface area (Å²) in [6.45, 7) is 10.4. The third-order valence-corrected chi connectivity index (χ3v) is 4.03. The van der Waals surface area contributed by atoms with Crippen LogP contribution in [0, 0.1) is 17.3 Å². The van der Waals surface area contributed by atoms with Gasteiger partial charge in [-0.25, -0.2) is 0 Å². The van der Waals surface area contributed by atoms with Crippen molar-refractivity contribution in [1.82, 2.24) is 5.32 Å². The summed E-state index contributed by atoms with van der Waals surface area (Å²) in [5.74, 6) is 1.67. The number of aliphatic hydroxyl groups is 1. The van der Waals surface area contributed by atoms with Crippen LogP contribution in [0.25, 0.3) is 0 Å². The van der Waals surface area contributed by atoms with E-state index >= 15 is 0 Å². The van der Waals surface area contributed by atoms with E-state index in [2.05, 4.69) is 33.0 Å². The first-order chi connectivity index (χ1) is 7.41.